The Morgan fingerprint density at radius 3 is 2.63 bits per heavy atom. The van der Waals surface area contributed by atoms with E-state index in [0.717, 1.165) is 11.1 Å². The van der Waals surface area contributed by atoms with Crippen LogP contribution in [0.4, 0.5) is 4.39 Å². The molecule has 2 aromatic carbocycles. The van der Waals surface area contributed by atoms with Crippen LogP contribution in [0.25, 0.3) is 16.9 Å². The number of hydrogen-bond acceptors (Lipinski definition) is 5. The van der Waals surface area contributed by atoms with Crippen LogP contribution in [-0.4, -0.2) is 43.7 Å². The van der Waals surface area contributed by atoms with Crippen molar-refractivity contribution in [3.8, 4) is 16.9 Å². The van der Waals surface area contributed by atoms with Gasteiger partial charge in [-0.05, 0) is 48.4 Å². The molecular formula is C21H16FN5O3. The van der Waals surface area contributed by atoms with E-state index in [-0.39, 0.29) is 24.1 Å². The monoisotopic (exact) mass is 405 g/mol. The van der Waals surface area contributed by atoms with E-state index in [2.05, 4.69) is 15.6 Å². The number of nitrogens with one attached hydrogen (secondary N) is 1. The van der Waals surface area contributed by atoms with Crippen molar-refractivity contribution in [2.45, 2.75) is 25.4 Å². The van der Waals surface area contributed by atoms with Crippen LogP contribution < -0.4 is 5.32 Å². The minimum atomic E-state index is -0.650. The summed E-state index contributed by atoms with van der Waals surface area (Å²) >= 11 is 0. The van der Waals surface area contributed by atoms with E-state index >= 15 is 0 Å². The molecule has 1 unspecified atom stereocenters. The van der Waals surface area contributed by atoms with Crippen LogP contribution in [0.3, 0.4) is 0 Å². The first-order valence-corrected chi connectivity index (χ1v) is 9.46. The highest BCUT2D eigenvalue weighted by atomic mass is 19.1. The molecule has 30 heavy (non-hydrogen) atoms. The van der Waals surface area contributed by atoms with Gasteiger partial charge in [0.15, 0.2) is 0 Å². The van der Waals surface area contributed by atoms with E-state index < -0.39 is 11.9 Å². The van der Waals surface area contributed by atoms with Crippen molar-refractivity contribution >= 4 is 17.7 Å². The number of carbonyl (C=O) groups is 3. The van der Waals surface area contributed by atoms with Gasteiger partial charge in [-0.1, -0.05) is 11.3 Å². The minimum Gasteiger partial charge on any atom is -0.322 e. The van der Waals surface area contributed by atoms with Crippen molar-refractivity contribution in [1.82, 2.24) is 25.2 Å². The van der Waals surface area contributed by atoms with E-state index in [4.69, 9.17) is 0 Å². The highest BCUT2D eigenvalue weighted by Gasteiger charge is 2.39. The van der Waals surface area contributed by atoms with Gasteiger partial charge in [0.2, 0.25) is 11.8 Å². The normalized spacial score (nSPS) is 18.5. The fourth-order valence-corrected chi connectivity index (χ4v) is 3.83. The first kappa shape index (κ1) is 18.2. The second kappa shape index (κ2) is 6.87. The van der Waals surface area contributed by atoms with Crippen molar-refractivity contribution in [2.75, 3.05) is 0 Å². The third-order valence-corrected chi connectivity index (χ3v) is 5.41. The molecule has 1 fully saturated rings. The van der Waals surface area contributed by atoms with Crippen molar-refractivity contribution in [3.05, 3.63) is 65.6 Å². The summed E-state index contributed by atoms with van der Waals surface area (Å²) in [6.45, 7) is 0.318. The number of rotatable bonds is 3. The SMILES string of the molecule is O=C1CCC(N2Cc3ccc(-n4cc(-c5ccc(F)cc5)nn4)cc3C2=O)C(=O)N1. The molecule has 2 aliphatic heterocycles. The summed E-state index contributed by atoms with van der Waals surface area (Å²) in [6.07, 6.45) is 2.24. The molecule has 1 N–H and O–H groups in total. The van der Waals surface area contributed by atoms with Gasteiger partial charge in [-0.15, -0.1) is 5.10 Å². The highest BCUT2D eigenvalue weighted by Crippen LogP contribution is 2.29. The fourth-order valence-electron chi connectivity index (χ4n) is 3.83. The number of aromatic nitrogens is 3. The number of benzene rings is 2. The van der Waals surface area contributed by atoms with Crippen molar-refractivity contribution < 1.29 is 18.8 Å². The average molecular weight is 405 g/mol. The summed E-state index contributed by atoms with van der Waals surface area (Å²) in [4.78, 5) is 38.0. The maximum absolute atomic E-state index is 13.1. The number of carbonyl (C=O) groups excluding carboxylic acids is 3. The highest BCUT2D eigenvalue weighted by molar-refractivity contribution is 6.05. The number of imide groups is 1. The molecule has 1 atom stereocenters. The first-order valence-electron chi connectivity index (χ1n) is 9.46. The Morgan fingerprint density at radius 1 is 1.07 bits per heavy atom. The molecule has 0 aliphatic carbocycles. The molecule has 8 nitrogen and oxygen atoms in total. The van der Waals surface area contributed by atoms with Gasteiger partial charge in [0, 0.05) is 24.1 Å². The molecule has 9 heteroatoms. The van der Waals surface area contributed by atoms with Crippen LogP contribution in [0.2, 0.25) is 0 Å². The summed E-state index contributed by atoms with van der Waals surface area (Å²) in [5.41, 5.74) is 3.26. The largest absolute Gasteiger partial charge is 0.322 e. The molecule has 0 bridgehead atoms. The number of fused-ring (bicyclic) bond motifs is 1. The van der Waals surface area contributed by atoms with Crippen molar-refractivity contribution in [3.63, 3.8) is 0 Å². The summed E-state index contributed by atoms with van der Waals surface area (Å²) in [6, 6.07) is 10.7. The van der Waals surface area contributed by atoms with E-state index in [9.17, 15) is 18.8 Å². The quantitative estimate of drug-likeness (QED) is 0.671. The van der Waals surface area contributed by atoms with Crippen molar-refractivity contribution in [1.29, 1.82) is 0 Å². The summed E-state index contributed by atoms with van der Waals surface area (Å²) in [7, 11) is 0. The smallest absolute Gasteiger partial charge is 0.255 e. The number of hydrogen-bond donors (Lipinski definition) is 1. The number of nitrogens with zero attached hydrogens (tertiary/aromatic N) is 4. The second-order valence-electron chi connectivity index (χ2n) is 7.30. The molecule has 3 amide bonds. The summed E-state index contributed by atoms with van der Waals surface area (Å²) in [5.74, 6) is -1.33. The zero-order valence-electron chi connectivity index (χ0n) is 15.7. The third kappa shape index (κ3) is 3.04. The van der Waals surface area contributed by atoms with E-state index in [1.807, 2.05) is 12.1 Å². The lowest BCUT2D eigenvalue weighted by Gasteiger charge is -2.29. The van der Waals surface area contributed by atoms with Crippen LogP contribution >= 0.6 is 0 Å². The lowest BCUT2D eigenvalue weighted by molar-refractivity contribution is -0.136. The van der Waals surface area contributed by atoms with Gasteiger partial charge < -0.3 is 4.90 Å². The summed E-state index contributed by atoms with van der Waals surface area (Å²) in [5, 5.41) is 10.5. The average Bonchev–Trinajstić information content (AvgIpc) is 3.34. The van der Waals surface area contributed by atoms with Crippen molar-refractivity contribution in [2.24, 2.45) is 0 Å². The standard InChI is InChI=1S/C21H16FN5O3/c22-14-4-1-12(2-5-14)17-11-27(25-24-17)15-6-3-13-10-26(21(30)16(13)9-15)18-7-8-19(28)23-20(18)29/h1-6,9,11,18H,7-8,10H2,(H,23,28,29). The molecule has 1 saturated heterocycles. The van der Waals surface area contributed by atoms with Crippen LogP contribution in [0.5, 0.6) is 0 Å². The molecule has 3 aromatic rings. The predicted molar refractivity (Wildman–Crippen MR) is 103 cm³/mol. The molecule has 0 spiro atoms. The Labute approximate surface area is 170 Å². The van der Waals surface area contributed by atoms with Gasteiger partial charge >= 0.3 is 0 Å². The van der Waals surface area contributed by atoms with E-state index in [1.54, 1.807) is 29.1 Å². The summed E-state index contributed by atoms with van der Waals surface area (Å²) < 4.78 is 14.7. The maximum Gasteiger partial charge on any atom is 0.255 e. The lowest BCUT2D eigenvalue weighted by Crippen LogP contribution is -2.52. The van der Waals surface area contributed by atoms with Crippen LogP contribution in [0, 0.1) is 5.82 Å². The van der Waals surface area contributed by atoms with Crippen LogP contribution in [0.1, 0.15) is 28.8 Å². The molecule has 0 saturated carbocycles. The number of amides is 3. The molecule has 1 aromatic heterocycles. The predicted octanol–water partition coefficient (Wildman–Crippen LogP) is 1.83. The van der Waals surface area contributed by atoms with Gasteiger partial charge in [0.1, 0.15) is 17.6 Å². The Bertz CT molecular complexity index is 1190. The van der Waals surface area contributed by atoms with Gasteiger partial charge in [0.25, 0.3) is 5.91 Å². The Balaban J connectivity index is 1.41. The maximum atomic E-state index is 13.1. The Hall–Kier alpha value is -3.88. The molecule has 0 radical (unpaired) electrons. The minimum absolute atomic E-state index is 0.215. The number of piperidine rings is 1. The van der Waals surface area contributed by atoms with E-state index in [0.29, 0.717) is 29.9 Å². The first-order chi connectivity index (χ1) is 14.5. The molecule has 2 aliphatic rings. The van der Waals surface area contributed by atoms with Crippen LogP contribution in [0.15, 0.2) is 48.7 Å². The molecular weight excluding hydrogens is 389 g/mol. The molecule has 5 rings (SSSR count). The second-order valence-corrected chi connectivity index (χ2v) is 7.30. The van der Waals surface area contributed by atoms with Gasteiger partial charge in [0.05, 0.1) is 11.9 Å². The zero-order chi connectivity index (χ0) is 20.8. The lowest BCUT2D eigenvalue weighted by atomic mass is 10.0. The number of halogens is 1. The Kier molecular flexibility index (Phi) is 4.16. The topological polar surface area (TPSA) is 97.2 Å². The Morgan fingerprint density at radius 2 is 1.87 bits per heavy atom. The fraction of sp³-hybridized carbons (Fsp3) is 0.190. The van der Waals surface area contributed by atoms with Gasteiger partial charge in [-0.2, -0.15) is 0 Å². The zero-order valence-corrected chi connectivity index (χ0v) is 15.7. The van der Waals surface area contributed by atoms with Crippen LogP contribution in [-0.2, 0) is 16.1 Å². The third-order valence-electron chi connectivity index (χ3n) is 5.41. The molecule has 150 valence electrons. The molecule has 3 heterocycles. The van der Waals surface area contributed by atoms with Gasteiger partial charge in [-0.25, -0.2) is 9.07 Å². The van der Waals surface area contributed by atoms with E-state index in [1.165, 1.54) is 17.0 Å². The van der Waals surface area contributed by atoms with Gasteiger partial charge in [-0.3, -0.25) is 19.7 Å².